The topological polar surface area (TPSA) is 70.3 Å². The second kappa shape index (κ2) is 5.65. The van der Waals surface area contributed by atoms with E-state index in [9.17, 15) is 9.90 Å². The lowest BCUT2D eigenvalue weighted by molar-refractivity contribution is -0.149. The van der Waals surface area contributed by atoms with Crippen LogP contribution in [-0.2, 0) is 9.53 Å². The van der Waals surface area contributed by atoms with Gasteiger partial charge < -0.3 is 9.84 Å². The van der Waals surface area contributed by atoms with Gasteiger partial charge in [-0.15, -0.1) is 6.58 Å². The molecule has 1 N–H and O–H groups in total. The number of carbonyl (C=O) groups excluding carboxylic acids is 1. The van der Waals surface area contributed by atoms with Crippen LogP contribution < -0.4 is 0 Å². The fourth-order valence-electron chi connectivity index (χ4n) is 2.01. The lowest BCUT2D eigenvalue weighted by atomic mass is 9.98. The first kappa shape index (κ1) is 13.5. The molecule has 1 aliphatic rings. The zero-order valence-electron chi connectivity index (χ0n) is 10.1. The van der Waals surface area contributed by atoms with Gasteiger partial charge in [0.05, 0.1) is 12.0 Å². The van der Waals surface area contributed by atoms with Crippen LogP contribution in [0.1, 0.15) is 26.7 Å². The maximum absolute atomic E-state index is 11.8. The number of hydrogen-bond donors (Lipinski definition) is 1. The van der Waals surface area contributed by atoms with Crippen molar-refractivity contribution in [1.29, 1.82) is 5.26 Å². The zero-order chi connectivity index (χ0) is 13.0. The van der Waals surface area contributed by atoms with Crippen LogP contribution in [0, 0.1) is 17.2 Å². The summed E-state index contributed by atoms with van der Waals surface area (Å²) < 4.78 is 4.98. The van der Waals surface area contributed by atoms with Gasteiger partial charge in [0.15, 0.2) is 6.10 Å². The SMILES string of the molecule is C=CCC1=C(C)[C@@H](O)CC1C(=O)OC(C)C#N. The van der Waals surface area contributed by atoms with Gasteiger partial charge in [-0.05, 0) is 32.3 Å². The second-order valence-electron chi connectivity index (χ2n) is 4.21. The zero-order valence-corrected chi connectivity index (χ0v) is 10.1. The molecule has 92 valence electrons. The Labute approximate surface area is 101 Å². The molecule has 0 spiro atoms. The van der Waals surface area contributed by atoms with Crippen LogP contribution in [0.5, 0.6) is 0 Å². The molecule has 0 saturated carbocycles. The molecule has 4 heteroatoms. The van der Waals surface area contributed by atoms with Crippen molar-refractivity contribution < 1.29 is 14.6 Å². The summed E-state index contributed by atoms with van der Waals surface area (Å²) in [5, 5.41) is 18.3. The number of esters is 1. The van der Waals surface area contributed by atoms with Crippen molar-refractivity contribution in [3.63, 3.8) is 0 Å². The van der Waals surface area contributed by atoms with Crippen molar-refractivity contribution in [2.75, 3.05) is 0 Å². The molecule has 0 aromatic heterocycles. The van der Waals surface area contributed by atoms with Gasteiger partial charge in [0.1, 0.15) is 6.07 Å². The monoisotopic (exact) mass is 235 g/mol. The maximum atomic E-state index is 11.8. The number of nitriles is 1. The smallest absolute Gasteiger partial charge is 0.314 e. The third-order valence-electron chi connectivity index (χ3n) is 3.01. The van der Waals surface area contributed by atoms with Crippen molar-refractivity contribution in [3.05, 3.63) is 23.8 Å². The molecule has 0 aromatic carbocycles. The van der Waals surface area contributed by atoms with Crippen molar-refractivity contribution in [2.45, 2.75) is 38.9 Å². The van der Waals surface area contributed by atoms with Crippen LogP contribution in [0.3, 0.4) is 0 Å². The van der Waals surface area contributed by atoms with Gasteiger partial charge in [0.25, 0.3) is 0 Å². The molecule has 3 atom stereocenters. The van der Waals surface area contributed by atoms with Crippen molar-refractivity contribution in [2.24, 2.45) is 5.92 Å². The molecule has 1 aliphatic carbocycles. The average Bonchev–Trinajstić information content (AvgIpc) is 2.57. The van der Waals surface area contributed by atoms with E-state index in [0.29, 0.717) is 12.8 Å². The van der Waals surface area contributed by atoms with Gasteiger partial charge in [0, 0.05) is 0 Å². The van der Waals surface area contributed by atoms with E-state index in [2.05, 4.69) is 6.58 Å². The highest BCUT2D eigenvalue weighted by Crippen LogP contribution is 2.35. The summed E-state index contributed by atoms with van der Waals surface area (Å²) in [5.41, 5.74) is 1.68. The Morgan fingerprint density at radius 3 is 3.00 bits per heavy atom. The predicted octanol–water partition coefficient (Wildman–Crippen LogP) is 1.72. The van der Waals surface area contributed by atoms with E-state index >= 15 is 0 Å². The van der Waals surface area contributed by atoms with Gasteiger partial charge in [-0.2, -0.15) is 5.26 Å². The fourth-order valence-corrected chi connectivity index (χ4v) is 2.01. The number of aliphatic hydroxyl groups is 1. The summed E-state index contributed by atoms with van der Waals surface area (Å²) in [6.45, 7) is 6.97. The Morgan fingerprint density at radius 1 is 1.82 bits per heavy atom. The molecule has 0 aliphatic heterocycles. The van der Waals surface area contributed by atoms with E-state index in [1.54, 1.807) is 6.08 Å². The summed E-state index contributed by atoms with van der Waals surface area (Å²) in [6, 6.07) is 1.85. The number of nitrogens with zero attached hydrogens (tertiary/aromatic N) is 1. The first-order valence-electron chi connectivity index (χ1n) is 5.59. The molecule has 0 aromatic rings. The third-order valence-corrected chi connectivity index (χ3v) is 3.01. The summed E-state index contributed by atoms with van der Waals surface area (Å²) >= 11 is 0. The van der Waals surface area contributed by atoms with Gasteiger partial charge >= 0.3 is 5.97 Å². The summed E-state index contributed by atoms with van der Waals surface area (Å²) in [7, 11) is 0. The van der Waals surface area contributed by atoms with Gasteiger partial charge in [-0.25, -0.2) is 0 Å². The predicted molar refractivity (Wildman–Crippen MR) is 62.8 cm³/mol. The van der Waals surface area contributed by atoms with Crippen LogP contribution in [0.15, 0.2) is 23.8 Å². The van der Waals surface area contributed by atoms with Crippen molar-refractivity contribution >= 4 is 5.97 Å². The number of ether oxygens (including phenoxy) is 1. The molecule has 17 heavy (non-hydrogen) atoms. The molecule has 0 bridgehead atoms. The Bertz CT molecular complexity index is 392. The molecule has 0 saturated heterocycles. The van der Waals surface area contributed by atoms with Crippen LogP contribution in [-0.4, -0.2) is 23.3 Å². The van der Waals surface area contributed by atoms with Gasteiger partial charge in [0.2, 0.25) is 0 Å². The second-order valence-corrected chi connectivity index (χ2v) is 4.21. The number of aliphatic hydroxyl groups excluding tert-OH is 1. The fraction of sp³-hybridized carbons (Fsp3) is 0.538. The summed E-state index contributed by atoms with van der Waals surface area (Å²) in [5.74, 6) is -0.884. The van der Waals surface area contributed by atoms with E-state index in [0.717, 1.165) is 11.1 Å². The Hall–Kier alpha value is -1.60. The van der Waals surface area contributed by atoms with E-state index in [-0.39, 0.29) is 0 Å². The minimum atomic E-state index is -0.759. The number of carbonyl (C=O) groups is 1. The van der Waals surface area contributed by atoms with Crippen molar-refractivity contribution in [3.8, 4) is 6.07 Å². The molecule has 0 amide bonds. The minimum absolute atomic E-state index is 0.339. The Balaban J connectivity index is 2.81. The quantitative estimate of drug-likeness (QED) is 0.595. The van der Waals surface area contributed by atoms with E-state index in [1.165, 1.54) is 6.92 Å². The molecule has 0 radical (unpaired) electrons. The minimum Gasteiger partial charge on any atom is -0.447 e. The lowest BCUT2D eigenvalue weighted by Gasteiger charge is -2.14. The maximum Gasteiger partial charge on any atom is 0.314 e. The van der Waals surface area contributed by atoms with Crippen LogP contribution in [0.25, 0.3) is 0 Å². The van der Waals surface area contributed by atoms with Crippen LogP contribution in [0.2, 0.25) is 0 Å². The normalized spacial score (nSPS) is 25.3. The standard InChI is InChI=1S/C13H17NO3/c1-4-5-10-9(3)12(15)6-11(10)13(16)17-8(2)7-14/h4,8,11-12,15H,1,5-6H2,2-3H3/t8?,11?,12-/m0/s1. The van der Waals surface area contributed by atoms with E-state index in [4.69, 9.17) is 10.00 Å². The van der Waals surface area contributed by atoms with Gasteiger partial charge in [-0.1, -0.05) is 11.6 Å². The van der Waals surface area contributed by atoms with E-state index < -0.39 is 24.1 Å². The highest BCUT2D eigenvalue weighted by atomic mass is 16.5. The van der Waals surface area contributed by atoms with Gasteiger partial charge in [-0.3, -0.25) is 4.79 Å². The number of hydrogen-bond acceptors (Lipinski definition) is 4. The van der Waals surface area contributed by atoms with Crippen LogP contribution >= 0.6 is 0 Å². The number of allylic oxidation sites excluding steroid dienone is 1. The molecule has 1 rings (SSSR count). The molecular formula is C13H17NO3. The number of rotatable bonds is 4. The first-order chi connectivity index (χ1) is 8.01. The Morgan fingerprint density at radius 2 is 2.47 bits per heavy atom. The average molecular weight is 235 g/mol. The molecule has 0 fully saturated rings. The summed E-state index contributed by atoms with van der Waals surface area (Å²) in [6.07, 6.45) is 1.24. The highest BCUT2D eigenvalue weighted by molar-refractivity contribution is 5.77. The molecular weight excluding hydrogens is 218 g/mol. The lowest BCUT2D eigenvalue weighted by Crippen LogP contribution is -2.22. The first-order valence-corrected chi connectivity index (χ1v) is 5.59. The summed E-state index contributed by atoms with van der Waals surface area (Å²) in [4.78, 5) is 11.8. The molecule has 0 heterocycles. The van der Waals surface area contributed by atoms with Crippen LogP contribution in [0.4, 0.5) is 0 Å². The molecule has 2 unspecified atom stereocenters. The Kier molecular flexibility index (Phi) is 4.47. The van der Waals surface area contributed by atoms with E-state index in [1.807, 2.05) is 13.0 Å². The highest BCUT2D eigenvalue weighted by Gasteiger charge is 2.35. The van der Waals surface area contributed by atoms with Crippen molar-refractivity contribution in [1.82, 2.24) is 0 Å². The molecule has 4 nitrogen and oxygen atoms in total. The largest absolute Gasteiger partial charge is 0.447 e. The third kappa shape index (κ3) is 2.95.